The Morgan fingerprint density at radius 3 is 2.31 bits per heavy atom. The van der Waals surface area contributed by atoms with Gasteiger partial charge in [-0.15, -0.1) is 0 Å². The Kier molecular flexibility index (Phi) is 7.42. The molecular weight excluding hydrogens is 430 g/mol. The minimum atomic E-state index is -3.72. The van der Waals surface area contributed by atoms with Crippen LogP contribution in [0, 0.1) is 0 Å². The average Bonchev–Trinajstić information content (AvgIpc) is 3.58. The number of amides is 2. The van der Waals surface area contributed by atoms with Gasteiger partial charge in [0, 0.05) is 31.6 Å². The Labute approximate surface area is 188 Å². The quantitative estimate of drug-likeness (QED) is 0.533. The molecule has 0 unspecified atom stereocenters. The monoisotopic (exact) mass is 457 g/mol. The van der Waals surface area contributed by atoms with E-state index in [-0.39, 0.29) is 41.5 Å². The van der Waals surface area contributed by atoms with Gasteiger partial charge in [-0.3, -0.25) is 14.4 Å². The first-order valence-electron chi connectivity index (χ1n) is 10.5. The van der Waals surface area contributed by atoms with Crippen molar-refractivity contribution < 1.29 is 22.8 Å². The van der Waals surface area contributed by atoms with Gasteiger partial charge in [-0.1, -0.05) is 24.3 Å². The second-order valence-electron chi connectivity index (χ2n) is 7.85. The standard InChI is InChI=1S/C23H27N3O5S/c1-16(27)17-9-13-19(14-10-17)32(30,31)26(2)15-5-8-22(28)25-21-7-4-3-6-20(21)23(29)24-18-11-12-18/h3-4,6-7,9-10,13-14,18H,5,8,11-12,15H2,1-2H3,(H,24,29)(H,25,28). The number of hydrogen-bond acceptors (Lipinski definition) is 5. The van der Waals surface area contributed by atoms with Gasteiger partial charge in [-0.05, 0) is 50.5 Å². The molecule has 2 N–H and O–H groups in total. The zero-order valence-electron chi connectivity index (χ0n) is 18.1. The zero-order valence-corrected chi connectivity index (χ0v) is 18.9. The highest BCUT2D eigenvalue weighted by Crippen LogP contribution is 2.22. The van der Waals surface area contributed by atoms with Crippen molar-refractivity contribution in [3.8, 4) is 0 Å². The van der Waals surface area contributed by atoms with E-state index in [1.54, 1.807) is 24.3 Å². The highest BCUT2D eigenvalue weighted by molar-refractivity contribution is 7.89. The molecule has 0 heterocycles. The van der Waals surface area contributed by atoms with Gasteiger partial charge in [0.1, 0.15) is 0 Å². The van der Waals surface area contributed by atoms with E-state index in [1.807, 2.05) is 0 Å². The summed E-state index contributed by atoms with van der Waals surface area (Å²) < 4.78 is 26.6. The van der Waals surface area contributed by atoms with Gasteiger partial charge in [0.05, 0.1) is 16.1 Å². The van der Waals surface area contributed by atoms with Crippen LogP contribution in [0.25, 0.3) is 0 Å². The van der Waals surface area contributed by atoms with E-state index >= 15 is 0 Å². The largest absolute Gasteiger partial charge is 0.349 e. The van der Waals surface area contributed by atoms with Crippen molar-refractivity contribution in [1.82, 2.24) is 9.62 Å². The van der Waals surface area contributed by atoms with Crippen LogP contribution in [0.3, 0.4) is 0 Å². The molecule has 2 amide bonds. The maximum atomic E-state index is 12.7. The molecule has 1 aliphatic carbocycles. The molecule has 0 spiro atoms. The number of nitrogens with one attached hydrogen (secondary N) is 2. The summed E-state index contributed by atoms with van der Waals surface area (Å²) in [5, 5.41) is 5.65. The van der Waals surface area contributed by atoms with Crippen molar-refractivity contribution in [2.45, 2.75) is 43.5 Å². The lowest BCUT2D eigenvalue weighted by atomic mass is 10.1. The van der Waals surface area contributed by atoms with E-state index < -0.39 is 10.0 Å². The van der Waals surface area contributed by atoms with E-state index in [2.05, 4.69) is 10.6 Å². The van der Waals surface area contributed by atoms with Gasteiger partial charge in [0.2, 0.25) is 15.9 Å². The van der Waals surface area contributed by atoms with Crippen LogP contribution in [0.5, 0.6) is 0 Å². The maximum absolute atomic E-state index is 12.7. The van der Waals surface area contributed by atoms with Crippen molar-refractivity contribution in [1.29, 1.82) is 0 Å². The van der Waals surface area contributed by atoms with Crippen LogP contribution in [-0.4, -0.2) is 50.0 Å². The summed E-state index contributed by atoms with van der Waals surface area (Å²) >= 11 is 0. The molecule has 8 nitrogen and oxygen atoms in total. The molecule has 2 aromatic rings. The minimum Gasteiger partial charge on any atom is -0.349 e. The Morgan fingerprint density at radius 1 is 1.03 bits per heavy atom. The number of ketones is 1. The fraction of sp³-hybridized carbons (Fsp3) is 0.348. The number of anilines is 1. The van der Waals surface area contributed by atoms with Gasteiger partial charge < -0.3 is 10.6 Å². The van der Waals surface area contributed by atoms with Gasteiger partial charge in [-0.25, -0.2) is 12.7 Å². The molecule has 9 heteroatoms. The Hall–Kier alpha value is -3.04. The lowest BCUT2D eigenvalue weighted by molar-refractivity contribution is -0.116. The van der Waals surface area contributed by atoms with Crippen molar-refractivity contribution >= 4 is 33.3 Å². The van der Waals surface area contributed by atoms with Crippen molar-refractivity contribution in [3.05, 3.63) is 59.7 Å². The van der Waals surface area contributed by atoms with Gasteiger partial charge >= 0.3 is 0 Å². The molecule has 0 saturated heterocycles. The van der Waals surface area contributed by atoms with Gasteiger partial charge in [0.25, 0.3) is 5.91 Å². The Bertz CT molecular complexity index is 1110. The first-order chi connectivity index (χ1) is 15.2. The number of benzene rings is 2. The van der Waals surface area contributed by atoms with Crippen LogP contribution in [0.2, 0.25) is 0 Å². The summed E-state index contributed by atoms with van der Waals surface area (Å²) in [6.45, 7) is 1.56. The zero-order chi connectivity index (χ0) is 23.3. The van der Waals surface area contributed by atoms with E-state index in [1.165, 1.54) is 42.5 Å². The predicted octanol–water partition coefficient (Wildman–Crippen LogP) is 2.82. The normalized spacial score (nSPS) is 13.6. The molecule has 0 bridgehead atoms. The van der Waals surface area contributed by atoms with E-state index in [4.69, 9.17) is 0 Å². The molecule has 1 aliphatic rings. The van der Waals surface area contributed by atoms with Crippen molar-refractivity contribution in [2.75, 3.05) is 18.9 Å². The number of Topliss-reactive ketones (excluding diaryl/α,β-unsaturated/α-hetero) is 1. The molecule has 2 aromatic carbocycles. The summed E-state index contributed by atoms with van der Waals surface area (Å²) in [6, 6.07) is 12.8. The number of hydrogen-bond donors (Lipinski definition) is 2. The number of carbonyl (C=O) groups excluding carboxylic acids is 3. The van der Waals surface area contributed by atoms with Crippen LogP contribution >= 0.6 is 0 Å². The Morgan fingerprint density at radius 2 is 1.69 bits per heavy atom. The van der Waals surface area contributed by atoms with Crippen LogP contribution in [0.15, 0.2) is 53.4 Å². The van der Waals surface area contributed by atoms with Crippen molar-refractivity contribution in [3.63, 3.8) is 0 Å². The van der Waals surface area contributed by atoms with E-state index in [0.29, 0.717) is 23.2 Å². The molecule has 3 rings (SSSR count). The predicted molar refractivity (Wildman–Crippen MR) is 121 cm³/mol. The average molecular weight is 458 g/mol. The third-order valence-corrected chi connectivity index (χ3v) is 7.08. The number of rotatable bonds is 10. The number of carbonyl (C=O) groups is 3. The van der Waals surface area contributed by atoms with E-state index in [0.717, 1.165) is 12.8 Å². The molecule has 170 valence electrons. The van der Waals surface area contributed by atoms with Gasteiger partial charge in [-0.2, -0.15) is 0 Å². The van der Waals surface area contributed by atoms with Crippen molar-refractivity contribution in [2.24, 2.45) is 0 Å². The molecule has 0 atom stereocenters. The molecule has 32 heavy (non-hydrogen) atoms. The van der Waals surface area contributed by atoms with Crippen LogP contribution in [-0.2, 0) is 14.8 Å². The van der Waals surface area contributed by atoms with Crippen LogP contribution in [0.4, 0.5) is 5.69 Å². The number of para-hydroxylation sites is 1. The third-order valence-electron chi connectivity index (χ3n) is 5.20. The number of sulfonamides is 1. The summed E-state index contributed by atoms with van der Waals surface area (Å²) in [6.07, 6.45) is 2.35. The topological polar surface area (TPSA) is 113 Å². The summed E-state index contributed by atoms with van der Waals surface area (Å²) in [5.41, 5.74) is 1.28. The molecule has 1 saturated carbocycles. The molecular formula is C23H27N3O5S. The summed E-state index contributed by atoms with van der Waals surface area (Å²) in [5.74, 6) is -0.654. The van der Waals surface area contributed by atoms with Crippen LogP contribution in [0.1, 0.15) is 53.3 Å². The molecule has 0 aliphatic heterocycles. The third kappa shape index (κ3) is 6.02. The van der Waals surface area contributed by atoms with Crippen LogP contribution < -0.4 is 10.6 Å². The smallest absolute Gasteiger partial charge is 0.253 e. The fourth-order valence-corrected chi connectivity index (χ4v) is 4.33. The second kappa shape index (κ2) is 10.1. The molecule has 1 fully saturated rings. The maximum Gasteiger partial charge on any atom is 0.253 e. The Balaban J connectivity index is 1.53. The van der Waals surface area contributed by atoms with E-state index in [9.17, 15) is 22.8 Å². The molecule has 0 aromatic heterocycles. The first kappa shape index (κ1) is 23.6. The fourth-order valence-electron chi connectivity index (χ4n) is 3.12. The molecule has 0 radical (unpaired) electrons. The second-order valence-corrected chi connectivity index (χ2v) is 9.90. The lowest BCUT2D eigenvalue weighted by Gasteiger charge is -2.17. The van der Waals surface area contributed by atoms with Gasteiger partial charge in [0.15, 0.2) is 5.78 Å². The number of nitrogens with zero attached hydrogens (tertiary/aromatic N) is 1. The minimum absolute atomic E-state index is 0.0880. The lowest BCUT2D eigenvalue weighted by Crippen LogP contribution is -2.29. The summed E-state index contributed by atoms with van der Waals surface area (Å²) in [4.78, 5) is 36.2. The SMILES string of the molecule is CC(=O)c1ccc(S(=O)(=O)N(C)CCCC(=O)Nc2ccccc2C(=O)NC2CC2)cc1. The first-order valence-corrected chi connectivity index (χ1v) is 11.9. The summed E-state index contributed by atoms with van der Waals surface area (Å²) in [7, 11) is -2.28. The highest BCUT2D eigenvalue weighted by atomic mass is 32.2. The highest BCUT2D eigenvalue weighted by Gasteiger charge is 2.25.